The van der Waals surface area contributed by atoms with E-state index in [0.29, 0.717) is 13.0 Å². The summed E-state index contributed by atoms with van der Waals surface area (Å²) in [4.78, 5) is 41.7. The Morgan fingerprint density at radius 2 is 1.12 bits per heavy atom. The fourth-order valence-corrected chi connectivity index (χ4v) is 8.12. The summed E-state index contributed by atoms with van der Waals surface area (Å²) in [6, 6.07) is 6.91. The molecule has 1 heterocycles. The van der Waals surface area contributed by atoms with Crippen molar-refractivity contribution >= 4 is 17.9 Å². The first-order valence-corrected chi connectivity index (χ1v) is 24.4. The maximum absolute atomic E-state index is 14.0. The van der Waals surface area contributed by atoms with Gasteiger partial charge in [0.05, 0.1) is 6.61 Å². The van der Waals surface area contributed by atoms with E-state index in [-0.39, 0.29) is 12.5 Å². The Labute approximate surface area is 364 Å². The number of hydrogen-bond acceptors (Lipinski definition) is 8. The van der Waals surface area contributed by atoms with E-state index in [1.165, 1.54) is 129 Å². The van der Waals surface area contributed by atoms with Crippen LogP contribution in [0.3, 0.4) is 0 Å². The van der Waals surface area contributed by atoms with Gasteiger partial charge in [-0.3, -0.25) is 9.59 Å². The fourth-order valence-electron chi connectivity index (χ4n) is 8.12. The minimum absolute atomic E-state index is 0.0303. The summed E-state index contributed by atoms with van der Waals surface area (Å²) >= 11 is 0. The molecule has 3 amide bonds. The molecule has 2 rings (SSSR count). The molecule has 0 aliphatic carbocycles. The Hall–Kier alpha value is -2.73. The normalized spacial score (nSPS) is 19.5. The zero-order valence-corrected chi connectivity index (χ0v) is 38.1. The van der Waals surface area contributed by atoms with Crippen molar-refractivity contribution in [3.8, 4) is 0 Å². The fraction of sp³-hybridized carbons (Fsp3) is 0.816. The van der Waals surface area contributed by atoms with E-state index in [0.717, 1.165) is 56.9 Å². The van der Waals surface area contributed by atoms with Gasteiger partial charge < -0.3 is 40.3 Å². The van der Waals surface area contributed by atoms with Gasteiger partial charge in [0.15, 0.2) is 6.23 Å². The Morgan fingerprint density at radius 3 is 1.58 bits per heavy atom. The zero-order valence-electron chi connectivity index (χ0n) is 38.1. The first kappa shape index (κ1) is 53.4. The van der Waals surface area contributed by atoms with Crippen LogP contribution in [0.5, 0.6) is 0 Å². The molecule has 1 fully saturated rings. The van der Waals surface area contributed by atoms with Crippen LogP contribution < -0.4 is 10.6 Å². The van der Waals surface area contributed by atoms with Crippen molar-refractivity contribution in [2.24, 2.45) is 0 Å². The molecule has 11 nitrogen and oxygen atoms in total. The highest BCUT2D eigenvalue weighted by Crippen LogP contribution is 2.26. The van der Waals surface area contributed by atoms with E-state index in [4.69, 9.17) is 9.47 Å². The van der Waals surface area contributed by atoms with Gasteiger partial charge in [-0.2, -0.15) is 0 Å². The quantitative estimate of drug-likeness (QED) is 0.0418. The van der Waals surface area contributed by atoms with Gasteiger partial charge in [0, 0.05) is 13.0 Å². The first-order valence-electron chi connectivity index (χ1n) is 24.4. The predicted octanol–water partition coefficient (Wildman–Crippen LogP) is 10.0. The molecule has 0 saturated carbocycles. The Morgan fingerprint density at radius 1 is 0.667 bits per heavy atom. The van der Waals surface area contributed by atoms with Crippen LogP contribution in [0.25, 0.3) is 0 Å². The third-order valence-corrected chi connectivity index (χ3v) is 12.0. The summed E-state index contributed by atoms with van der Waals surface area (Å²) in [5.41, 5.74) is 0.796. The molecule has 5 N–H and O–H groups in total. The summed E-state index contributed by atoms with van der Waals surface area (Å²) in [5.74, 6) is -0.785. The number of carbonyl (C=O) groups is 3. The lowest BCUT2D eigenvalue weighted by Crippen LogP contribution is -2.69. The van der Waals surface area contributed by atoms with Crippen LogP contribution in [0, 0.1) is 0 Å². The molecular weight excluding hydrogens is 759 g/mol. The highest BCUT2D eigenvalue weighted by atomic mass is 16.6. The summed E-state index contributed by atoms with van der Waals surface area (Å²) in [7, 11) is 0. The van der Waals surface area contributed by atoms with Gasteiger partial charge in [-0.1, -0.05) is 205 Å². The average molecular weight is 846 g/mol. The smallest absolute Gasteiger partial charge is 0.408 e. The zero-order chi connectivity index (χ0) is 43.6. The predicted molar refractivity (Wildman–Crippen MR) is 241 cm³/mol. The topological polar surface area (TPSA) is 158 Å². The van der Waals surface area contributed by atoms with E-state index in [1.54, 1.807) is 4.90 Å². The highest BCUT2D eigenvalue weighted by molar-refractivity contribution is 5.85. The molecule has 60 heavy (non-hydrogen) atoms. The average Bonchev–Trinajstić information content (AvgIpc) is 3.25. The molecule has 0 unspecified atom stereocenters. The summed E-state index contributed by atoms with van der Waals surface area (Å²) < 4.78 is 11.5. The monoisotopic (exact) mass is 846 g/mol. The van der Waals surface area contributed by atoms with Crippen LogP contribution in [-0.4, -0.2) is 87.9 Å². The lowest BCUT2D eigenvalue weighted by Gasteiger charge is -2.47. The van der Waals surface area contributed by atoms with Gasteiger partial charge in [0.2, 0.25) is 11.8 Å². The van der Waals surface area contributed by atoms with E-state index in [1.807, 2.05) is 30.3 Å². The van der Waals surface area contributed by atoms with E-state index in [9.17, 15) is 29.7 Å². The number of aliphatic hydroxyl groups excluding tert-OH is 3. The number of unbranched alkanes of at least 4 members (excludes halogenated alkanes) is 25. The number of nitrogens with one attached hydrogen (secondary N) is 2. The number of aliphatic hydroxyl groups is 3. The van der Waals surface area contributed by atoms with Crippen LogP contribution >= 0.6 is 0 Å². The second kappa shape index (κ2) is 34.8. The van der Waals surface area contributed by atoms with Crippen molar-refractivity contribution in [1.82, 2.24) is 15.5 Å². The lowest BCUT2D eigenvalue weighted by atomic mass is 9.94. The minimum Gasteiger partial charge on any atom is -0.445 e. The van der Waals surface area contributed by atoms with E-state index in [2.05, 4.69) is 24.5 Å². The van der Waals surface area contributed by atoms with Crippen LogP contribution in [0.2, 0.25) is 0 Å². The van der Waals surface area contributed by atoms with Gasteiger partial charge >= 0.3 is 6.09 Å². The third-order valence-electron chi connectivity index (χ3n) is 12.0. The van der Waals surface area contributed by atoms with Crippen LogP contribution in [0.15, 0.2) is 30.3 Å². The molecule has 1 aromatic rings. The maximum atomic E-state index is 14.0. The summed E-state index contributed by atoms with van der Waals surface area (Å²) in [6.07, 6.45) is 26.7. The van der Waals surface area contributed by atoms with Crippen molar-refractivity contribution in [3.05, 3.63) is 35.9 Å². The molecule has 1 saturated heterocycles. The molecule has 346 valence electrons. The van der Waals surface area contributed by atoms with Crippen molar-refractivity contribution in [2.75, 3.05) is 13.2 Å². The van der Waals surface area contributed by atoms with Gasteiger partial charge in [0.25, 0.3) is 0 Å². The lowest BCUT2D eigenvalue weighted by molar-refractivity contribution is -0.231. The highest BCUT2D eigenvalue weighted by Gasteiger charge is 2.48. The number of benzene rings is 1. The maximum Gasteiger partial charge on any atom is 0.408 e. The molecule has 0 aromatic heterocycles. The van der Waals surface area contributed by atoms with Crippen LogP contribution in [0.1, 0.15) is 206 Å². The molecule has 6 atom stereocenters. The molecular formula is C49H87N3O8. The second-order valence-corrected chi connectivity index (χ2v) is 17.4. The number of ether oxygens (including phenoxy) is 2. The molecule has 0 spiro atoms. The first-order chi connectivity index (χ1) is 29.2. The number of nitrogens with zero attached hydrogens (tertiary/aromatic N) is 1. The number of hydrogen-bond donors (Lipinski definition) is 5. The van der Waals surface area contributed by atoms with Crippen molar-refractivity contribution in [2.45, 2.75) is 244 Å². The SMILES string of the molecule is CCCCCCCCCCCCCCCCCC(=O)N(CCCCCCCCCCCCCC)[C@@H]1O[C@H](CO)[C@H](O)[C@H](O)[C@H]1NC(=O)[C@H](C)NC(=O)OCc1ccccc1. The minimum atomic E-state index is -1.54. The molecule has 1 aromatic carbocycles. The Bertz CT molecular complexity index is 1220. The molecule has 0 bridgehead atoms. The summed E-state index contributed by atoms with van der Waals surface area (Å²) in [5, 5.41) is 37.6. The molecule has 1 aliphatic heterocycles. The number of amides is 3. The van der Waals surface area contributed by atoms with Crippen molar-refractivity contribution in [3.63, 3.8) is 0 Å². The number of alkyl carbamates (subject to hydrolysis) is 1. The third kappa shape index (κ3) is 23.5. The molecule has 11 heteroatoms. The van der Waals surface area contributed by atoms with Crippen LogP contribution in [-0.2, 0) is 25.7 Å². The van der Waals surface area contributed by atoms with Gasteiger partial charge in [0.1, 0.15) is 37.0 Å². The molecule has 1 aliphatic rings. The number of rotatable bonds is 36. The Balaban J connectivity index is 1.96. The van der Waals surface area contributed by atoms with Gasteiger partial charge in [-0.05, 0) is 25.3 Å². The largest absolute Gasteiger partial charge is 0.445 e. The standard InChI is InChI=1S/C49H87N3O8/c1-4-6-8-10-12-14-16-18-19-20-21-23-25-27-32-36-43(54)52(37-33-28-26-24-22-17-15-13-11-9-7-5-2)48-44(46(56)45(55)42(38-53)60-48)51-47(57)40(3)50-49(58)59-39-41-34-30-29-31-35-41/h29-31,34-35,40,42,44-46,48,53,55-56H,4-28,32-33,36-39H2,1-3H3,(H,50,58)(H,51,57)/t40-,42+,44+,45-,46+,48+/m0/s1. The number of carbonyl (C=O) groups excluding carboxylic acids is 3. The van der Waals surface area contributed by atoms with Crippen molar-refractivity contribution in [1.29, 1.82) is 0 Å². The molecule has 0 radical (unpaired) electrons. The summed E-state index contributed by atoms with van der Waals surface area (Å²) in [6.45, 7) is 5.80. The Kier molecular flexibility index (Phi) is 31.0. The van der Waals surface area contributed by atoms with Gasteiger partial charge in [-0.15, -0.1) is 0 Å². The second-order valence-electron chi connectivity index (χ2n) is 17.4. The van der Waals surface area contributed by atoms with Gasteiger partial charge in [-0.25, -0.2) is 4.79 Å². The van der Waals surface area contributed by atoms with E-state index < -0.39 is 55.2 Å². The van der Waals surface area contributed by atoms with E-state index >= 15 is 0 Å². The van der Waals surface area contributed by atoms with Crippen LogP contribution in [0.4, 0.5) is 4.79 Å². The van der Waals surface area contributed by atoms with Crippen molar-refractivity contribution < 1.29 is 39.2 Å².